The fourth-order valence-corrected chi connectivity index (χ4v) is 2.40. The molecule has 2 rings (SSSR count). The van der Waals surface area contributed by atoms with Gasteiger partial charge in [0.05, 0.1) is 19.9 Å². The Hall–Kier alpha value is -2.27. The van der Waals surface area contributed by atoms with E-state index in [-0.39, 0.29) is 0 Å². The van der Waals surface area contributed by atoms with Crippen molar-refractivity contribution in [1.29, 1.82) is 0 Å². The zero-order valence-electron chi connectivity index (χ0n) is 13.8. The Bertz CT molecular complexity index is 686. The summed E-state index contributed by atoms with van der Waals surface area (Å²) in [4.78, 5) is 0. The van der Waals surface area contributed by atoms with Gasteiger partial charge in [-0.15, -0.1) is 0 Å². The zero-order valence-corrected chi connectivity index (χ0v) is 14.7. The van der Waals surface area contributed by atoms with Gasteiger partial charge in [-0.25, -0.2) is 0 Å². The molecule has 23 heavy (non-hydrogen) atoms. The molecule has 0 saturated heterocycles. The van der Waals surface area contributed by atoms with Gasteiger partial charge in [0.25, 0.3) is 0 Å². The predicted octanol–water partition coefficient (Wildman–Crippen LogP) is 4.64. The highest BCUT2D eigenvalue weighted by Gasteiger charge is 2.08. The number of thiocarbonyl (C=S) groups is 1. The van der Waals surface area contributed by atoms with E-state index in [0.29, 0.717) is 16.8 Å². The predicted molar refractivity (Wildman–Crippen MR) is 99.9 cm³/mol. The molecule has 122 valence electrons. The van der Waals surface area contributed by atoms with Crippen molar-refractivity contribution in [1.82, 2.24) is 0 Å². The van der Waals surface area contributed by atoms with Crippen LogP contribution in [0.4, 0.5) is 11.4 Å². The minimum absolute atomic E-state index is 0.469. The third-order valence-electron chi connectivity index (χ3n) is 3.47. The van der Waals surface area contributed by atoms with Crippen LogP contribution in [-0.2, 0) is 0 Å². The molecule has 0 aromatic heterocycles. The lowest BCUT2D eigenvalue weighted by atomic mass is 10.0. The van der Waals surface area contributed by atoms with Crippen LogP contribution in [0.1, 0.15) is 25.3 Å². The van der Waals surface area contributed by atoms with Crippen LogP contribution in [0.5, 0.6) is 11.5 Å². The molecule has 0 saturated carbocycles. The quantitative estimate of drug-likeness (QED) is 0.782. The average molecular weight is 330 g/mol. The maximum atomic E-state index is 5.40. The van der Waals surface area contributed by atoms with Crippen LogP contribution in [0.2, 0.25) is 0 Å². The number of benzene rings is 2. The fraction of sp³-hybridized carbons (Fsp3) is 0.278. The van der Waals surface area contributed by atoms with Crippen molar-refractivity contribution in [2.45, 2.75) is 19.8 Å². The Balaban J connectivity index is 2.12. The normalized spacial score (nSPS) is 10.3. The Kier molecular flexibility index (Phi) is 5.82. The van der Waals surface area contributed by atoms with Gasteiger partial charge in [-0.1, -0.05) is 26.0 Å². The lowest BCUT2D eigenvalue weighted by Crippen LogP contribution is -2.19. The third-order valence-corrected chi connectivity index (χ3v) is 3.67. The molecule has 0 unspecified atom stereocenters. The van der Waals surface area contributed by atoms with Gasteiger partial charge in [0, 0.05) is 11.8 Å². The molecule has 0 amide bonds. The van der Waals surface area contributed by atoms with Crippen molar-refractivity contribution in [2.24, 2.45) is 0 Å². The topological polar surface area (TPSA) is 42.5 Å². The van der Waals surface area contributed by atoms with Gasteiger partial charge in [0.2, 0.25) is 0 Å². The molecule has 0 heterocycles. The fourth-order valence-electron chi connectivity index (χ4n) is 2.17. The number of methoxy groups -OCH3 is 2. The van der Waals surface area contributed by atoms with Crippen LogP contribution in [0.15, 0.2) is 42.5 Å². The standard InChI is InChI=1S/C18H22N2O2S/c1-12(2)13-6-5-7-14(10-13)19-18(23)20-16-11-15(21-3)8-9-17(16)22-4/h5-12H,1-4H3,(H2,19,20,23). The summed E-state index contributed by atoms with van der Waals surface area (Å²) in [7, 11) is 3.25. The van der Waals surface area contributed by atoms with Crippen molar-refractivity contribution in [2.75, 3.05) is 24.9 Å². The van der Waals surface area contributed by atoms with Gasteiger partial charge in [0.15, 0.2) is 5.11 Å². The number of nitrogens with one attached hydrogen (secondary N) is 2. The van der Waals surface area contributed by atoms with Gasteiger partial charge in [-0.2, -0.15) is 0 Å². The van der Waals surface area contributed by atoms with Crippen LogP contribution in [0.3, 0.4) is 0 Å². The van der Waals surface area contributed by atoms with Crippen LogP contribution >= 0.6 is 12.2 Å². The molecule has 2 N–H and O–H groups in total. The summed E-state index contributed by atoms with van der Waals surface area (Å²) in [5.41, 5.74) is 2.97. The molecule has 0 radical (unpaired) electrons. The Morgan fingerprint density at radius 3 is 2.43 bits per heavy atom. The highest BCUT2D eigenvalue weighted by molar-refractivity contribution is 7.80. The molecule has 0 aliphatic carbocycles. The smallest absolute Gasteiger partial charge is 0.175 e. The second kappa shape index (κ2) is 7.83. The van der Waals surface area contributed by atoms with Crippen molar-refractivity contribution in [3.05, 3.63) is 48.0 Å². The molecule has 0 aliphatic heterocycles. The van der Waals surface area contributed by atoms with Crippen LogP contribution in [0, 0.1) is 0 Å². The first-order valence-electron chi connectivity index (χ1n) is 7.43. The van der Waals surface area contributed by atoms with Crippen molar-refractivity contribution in [3.63, 3.8) is 0 Å². The van der Waals surface area contributed by atoms with Gasteiger partial charge >= 0.3 is 0 Å². The highest BCUT2D eigenvalue weighted by atomic mass is 32.1. The summed E-state index contributed by atoms with van der Waals surface area (Å²) in [5, 5.41) is 6.84. The molecule has 0 aliphatic rings. The second-order valence-corrected chi connectivity index (χ2v) is 5.83. The third kappa shape index (κ3) is 4.60. The largest absolute Gasteiger partial charge is 0.497 e. The van der Waals surface area contributed by atoms with Gasteiger partial charge < -0.3 is 20.1 Å². The summed E-state index contributed by atoms with van der Waals surface area (Å²) in [6.07, 6.45) is 0. The number of anilines is 2. The van der Waals surface area contributed by atoms with E-state index in [2.05, 4.69) is 36.6 Å². The Morgan fingerprint density at radius 2 is 1.78 bits per heavy atom. The molecule has 4 nitrogen and oxygen atoms in total. The van der Waals surface area contributed by atoms with Gasteiger partial charge in [-0.05, 0) is 48.0 Å². The van der Waals surface area contributed by atoms with E-state index in [1.807, 2.05) is 30.3 Å². The first-order chi connectivity index (χ1) is 11.0. The van der Waals surface area contributed by atoms with Crippen LogP contribution < -0.4 is 20.1 Å². The summed E-state index contributed by atoms with van der Waals surface area (Å²) in [6, 6.07) is 13.7. The maximum Gasteiger partial charge on any atom is 0.175 e. The van der Waals surface area contributed by atoms with Gasteiger partial charge in [0.1, 0.15) is 11.5 Å². The van der Waals surface area contributed by atoms with Crippen LogP contribution in [-0.4, -0.2) is 19.3 Å². The second-order valence-electron chi connectivity index (χ2n) is 5.43. The first-order valence-corrected chi connectivity index (χ1v) is 7.84. The Morgan fingerprint density at radius 1 is 1.00 bits per heavy atom. The van der Waals surface area contributed by atoms with Crippen LogP contribution in [0.25, 0.3) is 0 Å². The molecule has 5 heteroatoms. The summed E-state index contributed by atoms with van der Waals surface area (Å²) >= 11 is 5.40. The molecule has 0 atom stereocenters. The number of hydrogen-bond donors (Lipinski definition) is 2. The van der Waals surface area contributed by atoms with E-state index >= 15 is 0 Å². The lowest BCUT2D eigenvalue weighted by Gasteiger charge is -2.15. The highest BCUT2D eigenvalue weighted by Crippen LogP contribution is 2.29. The molecule has 0 fully saturated rings. The van der Waals surface area contributed by atoms with E-state index in [0.717, 1.165) is 17.1 Å². The van der Waals surface area contributed by atoms with E-state index < -0.39 is 0 Å². The summed E-state index contributed by atoms with van der Waals surface area (Å²) in [6.45, 7) is 4.33. The summed E-state index contributed by atoms with van der Waals surface area (Å²) < 4.78 is 10.6. The van der Waals surface area contributed by atoms with Crippen molar-refractivity contribution < 1.29 is 9.47 Å². The Labute approximate surface area is 142 Å². The number of ether oxygens (including phenoxy) is 2. The van der Waals surface area contributed by atoms with Crippen molar-refractivity contribution >= 4 is 28.7 Å². The minimum Gasteiger partial charge on any atom is -0.497 e. The zero-order chi connectivity index (χ0) is 16.8. The van der Waals surface area contributed by atoms with Gasteiger partial charge in [-0.3, -0.25) is 0 Å². The maximum absolute atomic E-state index is 5.40. The monoisotopic (exact) mass is 330 g/mol. The molecular formula is C18H22N2O2S. The lowest BCUT2D eigenvalue weighted by molar-refractivity contribution is 0.405. The average Bonchev–Trinajstić information content (AvgIpc) is 2.54. The number of rotatable bonds is 5. The van der Waals surface area contributed by atoms with E-state index in [4.69, 9.17) is 21.7 Å². The number of hydrogen-bond acceptors (Lipinski definition) is 3. The molecule has 2 aromatic carbocycles. The minimum atomic E-state index is 0.469. The molecule has 0 spiro atoms. The first kappa shape index (κ1) is 17.1. The van der Waals surface area contributed by atoms with E-state index in [1.165, 1.54) is 5.56 Å². The summed E-state index contributed by atoms with van der Waals surface area (Å²) in [5.74, 6) is 1.90. The molecule has 2 aromatic rings. The SMILES string of the molecule is COc1ccc(OC)c(NC(=S)Nc2cccc(C(C)C)c2)c1. The molecular weight excluding hydrogens is 308 g/mol. The van der Waals surface area contributed by atoms with E-state index in [1.54, 1.807) is 14.2 Å². The van der Waals surface area contributed by atoms with E-state index in [9.17, 15) is 0 Å². The molecule has 0 bridgehead atoms. The van der Waals surface area contributed by atoms with Crippen molar-refractivity contribution in [3.8, 4) is 11.5 Å².